The zero-order valence-corrected chi connectivity index (χ0v) is 13.0. The van der Waals surface area contributed by atoms with E-state index in [1.54, 1.807) is 0 Å². The minimum atomic E-state index is 0.552. The highest BCUT2D eigenvalue weighted by atomic mass is 15.2. The van der Waals surface area contributed by atoms with Crippen molar-refractivity contribution in [1.82, 2.24) is 9.55 Å². The number of anilines is 1. The van der Waals surface area contributed by atoms with E-state index in [1.807, 2.05) is 54.6 Å². The smallest absolute Gasteiger partial charge is 0.215 e. The van der Waals surface area contributed by atoms with Crippen LogP contribution in [0.3, 0.4) is 0 Å². The normalized spacial score (nSPS) is 9.91. The van der Waals surface area contributed by atoms with Gasteiger partial charge in [0.05, 0.1) is 11.0 Å². The molecule has 0 radical (unpaired) electrons. The summed E-state index contributed by atoms with van der Waals surface area (Å²) in [5.74, 6) is 1.30. The zero-order valence-electron chi connectivity index (χ0n) is 13.0. The van der Waals surface area contributed by atoms with E-state index in [1.165, 1.54) is 0 Å². The fourth-order valence-electron chi connectivity index (χ4n) is 2.17. The van der Waals surface area contributed by atoms with Gasteiger partial charge >= 0.3 is 0 Å². The molecule has 1 N–H and O–H groups in total. The van der Waals surface area contributed by atoms with Gasteiger partial charge in [-0.25, -0.2) is 4.98 Å². The van der Waals surface area contributed by atoms with Gasteiger partial charge in [0, 0.05) is 12.6 Å². The first kappa shape index (κ1) is 15.7. The molecular formula is C19H21N3. The van der Waals surface area contributed by atoms with Crippen molar-refractivity contribution in [2.24, 2.45) is 5.92 Å². The molecule has 0 atom stereocenters. The van der Waals surface area contributed by atoms with E-state index in [9.17, 15) is 0 Å². The van der Waals surface area contributed by atoms with Crippen molar-refractivity contribution < 1.29 is 0 Å². The molecule has 0 unspecified atom stereocenters. The van der Waals surface area contributed by atoms with E-state index in [4.69, 9.17) is 6.42 Å². The summed E-state index contributed by atoms with van der Waals surface area (Å²) in [4.78, 5) is 4.46. The van der Waals surface area contributed by atoms with E-state index in [2.05, 4.69) is 40.8 Å². The summed E-state index contributed by atoms with van der Waals surface area (Å²) in [6, 6.07) is 22.5. The monoisotopic (exact) mass is 291 g/mol. The number of aromatic nitrogens is 2. The molecule has 3 nitrogen and oxygen atoms in total. The SMILES string of the molecule is C#CNc1nc2ccccc2n1CC(C)C.c1ccccc1. The van der Waals surface area contributed by atoms with Gasteiger partial charge in [-0.15, -0.1) is 0 Å². The molecular weight excluding hydrogens is 270 g/mol. The summed E-state index contributed by atoms with van der Waals surface area (Å²) in [7, 11) is 0. The number of nitrogens with one attached hydrogen (secondary N) is 1. The molecule has 0 amide bonds. The van der Waals surface area contributed by atoms with Crippen molar-refractivity contribution >= 4 is 17.0 Å². The highest BCUT2D eigenvalue weighted by Gasteiger charge is 2.10. The minimum absolute atomic E-state index is 0.552. The second kappa shape index (κ2) is 7.90. The Labute approximate surface area is 132 Å². The Morgan fingerprint density at radius 1 is 1.05 bits per heavy atom. The number of para-hydroxylation sites is 2. The lowest BCUT2D eigenvalue weighted by molar-refractivity contribution is 0.537. The average Bonchev–Trinajstić information content (AvgIpc) is 2.87. The molecule has 0 spiro atoms. The van der Waals surface area contributed by atoms with Crippen molar-refractivity contribution in [1.29, 1.82) is 0 Å². The molecule has 0 aliphatic heterocycles. The second-order valence-electron chi connectivity index (χ2n) is 5.35. The standard InChI is InChI=1S/C13H15N3.C6H6/c1-4-14-13-15-11-7-5-6-8-12(11)16(13)9-10(2)3;1-2-4-6-5-3-1/h1,5-8,10H,9H2,2-3H3,(H,14,15);1-6H. The van der Waals surface area contributed by atoms with Crippen LogP contribution in [0, 0.1) is 18.4 Å². The lowest BCUT2D eigenvalue weighted by Crippen LogP contribution is -2.07. The van der Waals surface area contributed by atoms with Crippen molar-refractivity contribution in [3.63, 3.8) is 0 Å². The van der Waals surface area contributed by atoms with Crippen molar-refractivity contribution in [2.45, 2.75) is 20.4 Å². The van der Waals surface area contributed by atoms with Gasteiger partial charge in [0.1, 0.15) is 0 Å². The van der Waals surface area contributed by atoms with Gasteiger partial charge in [0.15, 0.2) is 0 Å². The number of rotatable bonds is 3. The number of hydrogen-bond donors (Lipinski definition) is 1. The largest absolute Gasteiger partial charge is 0.309 e. The van der Waals surface area contributed by atoms with Gasteiger partial charge in [0.2, 0.25) is 5.95 Å². The molecule has 1 heterocycles. The Kier molecular flexibility index (Phi) is 5.62. The third-order valence-electron chi connectivity index (χ3n) is 3.05. The van der Waals surface area contributed by atoms with Gasteiger partial charge in [0.25, 0.3) is 0 Å². The molecule has 3 aromatic rings. The number of fused-ring (bicyclic) bond motifs is 1. The van der Waals surface area contributed by atoms with Crippen LogP contribution in [0.25, 0.3) is 11.0 Å². The van der Waals surface area contributed by atoms with E-state index in [-0.39, 0.29) is 0 Å². The number of hydrogen-bond acceptors (Lipinski definition) is 2. The highest BCUT2D eigenvalue weighted by molar-refractivity contribution is 5.78. The Morgan fingerprint density at radius 2 is 1.64 bits per heavy atom. The summed E-state index contributed by atoms with van der Waals surface area (Å²) in [6.45, 7) is 5.26. The molecule has 1 aromatic heterocycles. The summed E-state index contributed by atoms with van der Waals surface area (Å²) < 4.78 is 2.12. The Balaban J connectivity index is 0.000000246. The van der Waals surface area contributed by atoms with Crippen molar-refractivity contribution in [3.05, 3.63) is 60.7 Å². The lowest BCUT2D eigenvalue weighted by Gasteiger charge is -2.10. The number of terminal acetylenes is 1. The first-order valence-electron chi connectivity index (χ1n) is 7.39. The molecule has 0 bridgehead atoms. The van der Waals surface area contributed by atoms with Crippen LogP contribution in [0.5, 0.6) is 0 Å². The van der Waals surface area contributed by atoms with Crippen LogP contribution < -0.4 is 5.32 Å². The lowest BCUT2D eigenvalue weighted by atomic mass is 10.2. The van der Waals surface area contributed by atoms with Gasteiger partial charge < -0.3 is 4.57 Å². The number of nitrogens with zero attached hydrogens (tertiary/aromatic N) is 2. The number of benzene rings is 2. The van der Waals surface area contributed by atoms with Crippen LogP contribution in [0.4, 0.5) is 5.95 Å². The Hall–Kier alpha value is -2.73. The molecule has 0 aliphatic rings. The molecule has 22 heavy (non-hydrogen) atoms. The molecule has 112 valence electrons. The Bertz CT molecular complexity index is 710. The van der Waals surface area contributed by atoms with Crippen LogP contribution in [-0.4, -0.2) is 9.55 Å². The Morgan fingerprint density at radius 3 is 2.18 bits per heavy atom. The van der Waals surface area contributed by atoms with Crippen molar-refractivity contribution in [2.75, 3.05) is 5.32 Å². The third-order valence-corrected chi connectivity index (χ3v) is 3.05. The molecule has 2 aromatic carbocycles. The first-order chi connectivity index (χ1) is 10.7. The quantitative estimate of drug-likeness (QED) is 0.573. The second-order valence-corrected chi connectivity index (χ2v) is 5.35. The maximum atomic E-state index is 5.27. The van der Waals surface area contributed by atoms with Gasteiger partial charge in [-0.1, -0.05) is 68.8 Å². The fraction of sp³-hybridized carbons (Fsp3) is 0.211. The predicted molar refractivity (Wildman–Crippen MR) is 93.5 cm³/mol. The zero-order chi connectivity index (χ0) is 15.8. The summed E-state index contributed by atoms with van der Waals surface area (Å²) in [5.41, 5.74) is 2.09. The summed E-state index contributed by atoms with van der Waals surface area (Å²) in [5, 5.41) is 2.85. The minimum Gasteiger partial charge on any atom is -0.309 e. The maximum Gasteiger partial charge on any atom is 0.215 e. The van der Waals surface area contributed by atoms with E-state index < -0.39 is 0 Å². The number of imidazole rings is 1. The molecule has 0 aliphatic carbocycles. The molecule has 3 rings (SSSR count). The van der Waals surface area contributed by atoms with Gasteiger partial charge in [-0.05, 0) is 18.1 Å². The molecule has 0 saturated heterocycles. The summed E-state index contributed by atoms with van der Waals surface area (Å²) in [6.07, 6.45) is 5.27. The molecule has 3 heteroatoms. The van der Waals surface area contributed by atoms with Crippen LogP contribution in [0.1, 0.15) is 13.8 Å². The van der Waals surface area contributed by atoms with E-state index in [0.29, 0.717) is 5.92 Å². The fourth-order valence-corrected chi connectivity index (χ4v) is 2.17. The van der Waals surface area contributed by atoms with Gasteiger partial charge in [-0.2, -0.15) is 0 Å². The third kappa shape index (κ3) is 4.13. The van der Waals surface area contributed by atoms with Crippen LogP contribution >= 0.6 is 0 Å². The van der Waals surface area contributed by atoms with Crippen molar-refractivity contribution in [3.8, 4) is 12.5 Å². The maximum absolute atomic E-state index is 5.27. The summed E-state index contributed by atoms with van der Waals surface area (Å²) >= 11 is 0. The van der Waals surface area contributed by atoms with Gasteiger partial charge in [-0.3, -0.25) is 5.32 Å². The predicted octanol–water partition coefficient (Wildman–Crippen LogP) is 4.38. The average molecular weight is 291 g/mol. The topological polar surface area (TPSA) is 29.9 Å². The van der Waals surface area contributed by atoms with Crippen LogP contribution in [-0.2, 0) is 6.54 Å². The first-order valence-corrected chi connectivity index (χ1v) is 7.39. The molecule has 0 saturated carbocycles. The van der Waals surface area contributed by atoms with Crippen LogP contribution in [0.2, 0.25) is 0 Å². The highest BCUT2D eigenvalue weighted by Crippen LogP contribution is 2.20. The molecule has 0 fully saturated rings. The van der Waals surface area contributed by atoms with E-state index >= 15 is 0 Å². The van der Waals surface area contributed by atoms with Crippen LogP contribution in [0.15, 0.2) is 60.7 Å². The van der Waals surface area contributed by atoms with E-state index in [0.717, 1.165) is 23.5 Å².